The van der Waals surface area contributed by atoms with Crippen LogP contribution in [-0.2, 0) is 6.54 Å². The minimum atomic E-state index is -0.884. The summed E-state index contributed by atoms with van der Waals surface area (Å²) >= 11 is 0. The van der Waals surface area contributed by atoms with Gasteiger partial charge in [0, 0.05) is 12.1 Å². The predicted octanol–water partition coefficient (Wildman–Crippen LogP) is 2.51. The largest absolute Gasteiger partial charge is 0.204 e. The number of fused-ring (bicyclic) bond motifs is 1. The topological polar surface area (TPSA) is 30.7 Å². The van der Waals surface area contributed by atoms with Gasteiger partial charge in [-0.3, -0.25) is 0 Å². The van der Waals surface area contributed by atoms with Crippen molar-refractivity contribution in [3.05, 3.63) is 23.8 Å². The molecule has 0 atom stereocenters. The highest BCUT2D eigenvalue weighted by atomic mass is 19.2. The first-order valence-electron chi connectivity index (χ1n) is 4.90. The highest BCUT2D eigenvalue weighted by Gasteiger charge is 2.08. The summed E-state index contributed by atoms with van der Waals surface area (Å²) < 4.78 is 25.7. The maximum Gasteiger partial charge on any atom is 0.161 e. The van der Waals surface area contributed by atoms with Crippen molar-refractivity contribution in [3.8, 4) is 0 Å². The van der Waals surface area contributed by atoms with Gasteiger partial charge < -0.3 is 0 Å². The summed E-state index contributed by atoms with van der Waals surface area (Å²) in [6, 6.07) is 2.14. The molecule has 0 unspecified atom stereocenters. The molecule has 0 aliphatic carbocycles. The molecule has 15 heavy (non-hydrogen) atoms. The van der Waals surface area contributed by atoms with Gasteiger partial charge in [-0.1, -0.05) is 13.3 Å². The van der Waals surface area contributed by atoms with Crippen LogP contribution in [0.3, 0.4) is 0 Å². The average Bonchev–Trinajstić information content (AvgIpc) is 2.58. The average molecular weight is 211 g/mol. The van der Waals surface area contributed by atoms with Crippen LogP contribution in [0.15, 0.2) is 12.1 Å². The summed E-state index contributed by atoms with van der Waals surface area (Å²) in [4.78, 5) is 1.48. The van der Waals surface area contributed by atoms with Crippen LogP contribution in [0.1, 0.15) is 19.8 Å². The molecule has 1 aromatic carbocycles. The number of hydrogen-bond donors (Lipinski definition) is 0. The Morgan fingerprint density at radius 3 is 2.13 bits per heavy atom. The zero-order chi connectivity index (χ0) is 10.8. The van der Waals surface area contributed by atoms with E-state index in [9.17, 15) is 8.78 Å². The number of aromatic nitrogens is 3. The Hall–Kier alpha value is -1.52. The van der Waals surface area contributed by atoms with Gasteiger partial charge in [0.1, 0.15) is 11.0 Å². The third-order valence-electron chi connectivity index (χ3n) is 2.18. The van der Waals surface area contributed by atoms with Crippen molar-refractivity contribution in [2.75, 3.05) is 0 Å². The quantitative estimate of drug-likeness (QED) is 0.781. The van der Waals surface area contributed by atoms with Crippen LogP contribution in [0.5, 0.6) is 0 Å². The van der Waals surface area contributed by atoms with Crippen molar-refractivity contribution >= 4 is 11.0 Å². The van der Waals surface area contributed by atoms with E-state index in [1.54, 1.807) is 0 Å². The molecule has 0 saturated carbocycles. The molecule has 0 bridgehead atoms. The molecule has 1 heterocycles. The molecule has 0 spiro atoms. The second kappa shape index (κ2) is 3.92. The summed E-state index contributed by atoms with van der Waals surface area (Å²) in [6.07, 6.45) is 1.98. The molecule has 0 amide bonds. The molecule has 0 aliphatic rings. The summed E-state index contributed by atoms with van der Waals surface area (Å²) in [7, 11) is 0. The predicted molar refractivity (Wildman–Crippen MR) is 52.4 cm³/mol. The standard InChI is InChI=1S/C10H11F2N3/c1-2-3-4-15-13-9-5-7(11)8(12)6-10(9)14-15/h5-6H,2-4H2,1H3. The van der Waals surface area contributed by atoms with E-state index < -0.39 is 11.6 Å². The maximum atomic E-state index is 12.9. The van der Waals surface area contributed by atoms with E-state index in [1.807, 2.05) is 0 Å². The number of benzene rings is 1. The number of unbranched alkanes of at least 4 members (excludes halogenated alkanes) is 1. The van der Waals surface area contributed by atoms with Crippen LogP contribution in [0.4, 0.5) is 8.78 Å². The minimum Gasteiger partial charge on any atom is -0.204 e. The summed E-state index contributed by atoms with van der Waals surface area (Å²) in [6.45, 7) is 2.73. The highest BCUT2D eigenvalue weighted by molar-refractivity contribution is 5.73. The van der Waals surface area contributed by atoms with Crippen LogP contribution >= 0.6 is 0 Å². The first-order chi connectivity index (χ1) is 7.20. The number of hydrogen-bond acceptors (Lipinski definition) is 2. The van der Waals surface area contributed by atoms with E-state index in [1.165, 1.54) is 4.80 Å². The van der Waals surface area contributed by atoms with E-state index in [0.717, 1.165) is 25.0 Å². The second-order valence-electron chi connectivity index (χ2n) is 3.40. The Balaban J connectivity index is 2.38. The first kappa shape index (κ1) is 10.0. The van der Waals surface area contributed by atoms with Crippen molar-refractivity contribution in [1.29, 1.82) is 0 Å². The molecule has 5 heteroatoms. The SMILES string of the molecule is CCCCn1nc2cc(F)c(F)cc2n1. The molecule has 0 fully saturated rings. The Bertz CT molecular complexity index is 440. The number of halogens is 2. The molecule has 0 aliphatic heterocycles. The van der Waals surface area contributed by atoms with E-state index >= 15 is 0 Å². The number of rotatable bonds is 3. The van der Waals surface area contributed by atoms with Gasteiger partial charge in [0.15, 0.2) is 11.6 Å². The normalized spacial score (nSPS) is 11.1. The summed E-state index contributed by atoms with van der Waals surface area (Å²) in [5.41, 5.74) is 0.787. The lowest BCUT2D eigenvalue weighted by atomic mass is 10.3. The molecule has 0 radical (unpaired) electrons. The molecule has 1 aromatic heterocycles. The van der Waals surface area contributed by atoms with Crippen molar-refractivity contribution in [3.63, 3.8) is 0 Å². The molecule has 0 N–H and O–H groups in total. The zero-order valence-electron chi connectivity index (χ0n) is 8.37. The molecule has 0 saturated heterocycles. The van der Waals surface area contributed by atoms with Crippen LogP contribution < -0.4 is 0 Å². The van der Waals surface area contributed by atoms with Gasteiger partial charge in [-0.05, 0) is 6.42 Å². The van der Waals surface area contributed by atoms with Crippen molar-refractivity contribution in [2.24, 2.45) is 0 Å². The van der Waals surface area contributed by atoms with Gasteiger partial charge in [0.2, 0.25) is 0 Å². The number of aryl methyl sites for hydroxylation is 1. The van der Waals surface area contributed by atoms with Crippen molar-refractivity contribution in [2.45, 2.75) is 26.3 Å². The van der Waals surface area contributed by atoms with E-state index in [0.29, 0.717) is 17.6 Å². The molecule has 2 rings (SSSR count). The van der Waals surface area contributed by atoms with Crippen LogP contribution in [0.25, 0.3) is 11.0 Å². The molecule has 3 nitrogen and oxygen atoms in total. The lowest BCUT2D eigenvalue weighted by molar-refractivity contribution is 0.510. The first-order valence-corrected chi connectivity index (χ1v) is 4.90. The maximum absolute atomic E-state index is 12.9. The Morgan fingerprint density at radius 1 is 1.13 bits per heavy atom. The smallest absolute Gasteiger partial charge is 0.161 e. The molecule has 2 aromatic rings. The zero-order valence-corrected chi connectivity index (χ0v) is 8.37. The number of nitrogens with zero attached hydrogens (tertiary/aromatic N) is 3. The van der Waals surface area contributed by atoms with Crippen molar-refractivity contribution < 1.29 is 8.78 Å². The molecule has 80 valence electrons. The van der Waals surface area contributed by atoms with Gasteiger partial charge in [0.25, 0.3) is 0 Å². The Morgan fingerprint density at radius 2 is 1.67 bits per heavy atom. The fourth-order valence-electron chi connectivity index (χ4n) is 1.36. The van der Waals surface area contributed by atoms with Gasteiger partial charge in [0.05, 0.1) is 6.54 Å². The summed E-state index contributed by atoms with van der Waals surface area (Å²) in [5.74, 6) is -1.77. The van der Waals surface area contributed by atoms with Crippen LogP contribution in [0, 0.1) is 11.6 Å². The monoisotopic (exact) mass is 211 g/mol. The van der Waals surface area contributed by atoms with Gasteiger partial charge >= 0.3 is 0 Å². The van der Waals surface area contributed by atoms with Crippen LogP contribution in [-0.4, -0.2) is 15.0 Å². The second-order valence-corrected chi connectivity index (χ2v) is 3.40. The fourth-order valence-corrected chi connectivity index (χ4v) is 1.36. The summed E-state index contributed by atoms with van der Waals surface area (Å²) in [5, 5.41) is 8.10. The molecular formula is C10H11F2N3. The molecular weight excluding hydrogens is 200 g/mol. The van der Waals surface area contributed by atoms with E-state index in [2.05, 4.69) is 17.1 Å². The van der Waals surface area contributed by atoms with Crippen molar-refractivity contribution in [1.82, 2.24) is 15.0 Å². The highest BCUT2D eigenvalue weighted by Crippen LogP contribution is 2.14. The lowest BCUT2D eigenvalue weighted by Crippen LogP contribution is -2.01. The van der Waals surface area contributed by atoms with Crippen LogP contribution in [0.2, 0.25) is 0 Å². The third kappa shape index (κ3) is 1.95. The fraction of sp³-hybridized carbons (Fsp3) is 0.400. The Kier molecular flexibility index (Phi) is 2.62. The minimum absolute atomic E-state index is 0.394. The van der Waals surface area contributed by atoms with E-state index in [-0.39, 0.29) is 0 Å². The van der Waals surface area contributed by atoms with E-state index in [4.69, 9.17) is 0 Å². The van der Waals surface area contributed by atoms with Gasteiger partial charge in [-0.25, -0.2) is 8.78 Å². The lowest BCUT2D eigenvalue weighted by Gasteiger charge is -1.94. The third-order valence-corrected chi connectivity index (χ3v) is 2.18. The van der Waals surface area contributed by atoms with Gasteiger partial charge in [-0.2, -0.15) is 15.0 Å². The Labute approximate surface area is 85.7 Å². The van der Waals surface area contributed by atoms with Gasteiger partial charge in [-0.15, -0.1) is 0 Å².